The molecule has 1 fully saturated rings. The summed E-state index contributed by atoms with van der Waals surface area (Å²) in [5, 5.41) is 11.4. The Morgan fingerprint density at radius 3 is 2.62 bits per heavy atom. The Labute approximate surface area is 159 Å². The van der Waals surface area contributed by atoms with Crippen LogP contribution in [0, 0.1) is 6.92 Å². The van der Waals surface area contributed by atoms with E-state index in [1.807, 2.05) is 19.1 Å². The van der Waals surface area contributed by atoms with Crippen LogP contribution in [0.25, 0.3) is 0 Å². The third-order valence-corrected chi connectivity index (χ3v) is 5.09. The lowest BCUT2D eigenvalue weighted by molar-refractivity contribution is -0.121. The normalized spacial score (nSPS) is 16.8. The van der Waals surface area contributed by atoms with Gasteiger partial charge in [0.2, 0.25) is 11.8 Å². The number of rotatable bonds is 4. The summed E-state index contributed by atoms with van der Waals surface area (Å²) in [6.07, 6.45) is -0.191. The number of aromatic hydroxyl groups is 1. The first-order valence-corrected chi connectivity index (χ1v) is 9.00. The molecule has 1 heterocycles. The molecule has 2 N–H and O–H groups in total. The van der Waals surface area contributed by atoms with Crippen molar-refractivity contribution in [3.63, 3.8) is 0 Å². The van der Waals surface area contributed by atoms with E-state index in [1.165, 1.54) is 18.2 Å². The molecular formula is C18H15ClN2O4S. The number of carbonyl (C=O) groups excluding carboxylic acids is 3. The zero-order chi connectivity index (χ0) is 18.8. The van der Waals surface area contributed by atoms with Crippen molar-refractivity contribution in [1.29, 1.82) is 0 Å². The minimum Gasteiger partial charge on any atom is -0.506 e. The van der Waals surface area contributed by atoms with Gasteiger partial charge in [-0.1, -0.05) is 29.3 Å². The molecule has 134 valence electrons. The SMILES string of the molecule is Cc1ccc(N2C(=O)SC(CC(=O)Nc3cc(Cl)ccc3O)C2=O)cc1. The molecular weight excluding hydrogens is 376 g/mol. The number of amides is 3. The fourth-order valence-electron chi connectivity index (χ4n) is 2.49. The molecule has 3 amide bonds. The second-order valence-electron chi connectivity index (χ2n) is 5.80. The van der Waals surface area contributed by atoms with Crippen molar-refractivity contribution in [2.75, 3.05) is 10.2 Å². The molecule has 0 saturated carbocycles. The predicted octanol–water partition coefficient (Wildman–Crippen LogP) is 3.95. The Morgan fingerprint density at radius 2 is 1.92 bits per heavy atom. The number of benzene rings is 2. The Bertz CT molecular complexity index is 885. The topological polar surface area (TPSA) is 86.7 Å². The second-order valence-corrected chi connectivity index (χ2v) is 7.39. The van der Waals surface area contributed by atoms with Crippen LogP contribution in [0.4, 0.5) is 16.2 Å². The van der Waals surface area contributed by atoms with Crippen LogP contribution in [0.1, 0.15) is 12.0 Å². The number of thioether (sulfide) groups is 1. The predicted molar refractivity (Wildman–Crippen MR) is 102 cm³/mol. The molecule has 1 unspecified atom stereocenters. The molecule has 8 heteroatoms. The minimum atomic E-state index is -0.815. The lowest BCUT2D eigenvalue weighted by Crippen LogP contribution is -2.32. The molecule has 2 aromatic rings. The number of hydrogen-bond donors (Lipinski definition) is 2. The van der Waals surface area contributed by atoms with Crippen molar-refractivity contribution in [1.82, 2.24) is 0 Å². The molecule has 1 atom stereocenters. The zero-order valence-electron chi connectivity index (χ0n) is 13.7. The summed E-state index contributed by atoms with van der Waals surface area (Å²) >= 11 is 6.65. The van der Waals surface area contributed by atoms with E-state index in [9.17, 15) is 19.5 Å². The van der Waals surface area contributed by atoms with Crippen LogP contribution in [0.5, 0.6) is 5.75 Å². The number of aryl methyl sites for hydroxylation is 1. The average molecular weight is 391 g/mol. The van der Waals surface area contributed by atoms with Crippen molar-refractivity contribution in [2.45, 2.75) is 18.6 Å². The van der Waals surface area contributed by atoms with Crippen LogP contribution in [-0.2, 0) is 9.59 Å². The van der Waals surface area contributed by atoms with Crippen LogP contribution in [0.15, 0.2) is 42.5 Å². The Morgan fingerprint density at radius 1 is 1.23 bits per heavy atom. The second kappa shape index (κ2) is 7.39. The number of phenols is 1. The summed E-state index contributed by atoms with van der Waals surface area (Å²) in [7, 11) is 0. The quantitative estimate of drug-likeness (QED) is 0.772. The monoisotopic (exact) mass is 390 g/mol. The number of halogens is 1. The first-order chi connectivity index (χ1) is 12.3. The maximum atomic E-state index is 12.5. The van der Waals surface area contributed by atoms with Gasteiger partial charge in [-0.15, -0.1) is 0 Å². The van der Waals surface area contributed by atoms with Gasteiger partial charge in [0.25, 0.3) is 5.24 Å². The van der Waals surface area contributed by atoms with Gasteiger partial charge in [-0.2, -0.15) is 0 Å². The highest BCUT2D eigenvalue weighted by atomic mass is 35.5. The van der Waals surface area contributed by atoms with E-state index >= 15 is 0 Å². The molecule has 0 radical (unpaired) electrons. The van der Waals surface area contributed by atoms with Gasteiger partial charge in [0.15, 0.2) is 0 Å². The van der Waals surface area contributed by atoms with Crippen molar-refractivity contribution < 1.29 is 19.5 Å². The largest absolute Gasteiger partial charge is 0.506 e. The highest BCUT2D eigenvalue weighted by Gasteiger charge is 2.41. The van der Waals surface area contributed by atoms with Gasteiger partial charge in [-0.05, 0) is 49.0 Å². The van der Waals surface area contributed by atoms with Crippen LogP contribution in [0.3, 0.4) is 0 Å². The molecule has 0 aliphatic carbocycles. The van der Waals surface area contributed by atoms with Gasteiger partial charge < -0.3 is 10.4 Å². The van der Waals surface area contributed by atoms with Gasteiger partial charge in [0, 0.05) is 11.4 Å². The Hall–Kier alpha value is -2.51. The average Bonchev–Trinajstić information content (AvgIpc) is 2.86. The molecule has 1 saturated heterocycles. The summed E-state index contributed by atoms with van der Waals surface area (Å²) in [6, 6.07) is 11.3. The Kier molecular flexibility index (Phi) is 5.20. The number of imide groups is 1. The van der Waals surface area contributed by atoms with E-state index in [0.29, 0.717) is 10.7 Å². The van der Waals surface area contributed by atoms with Gasteiger partial charge in [-0.25, -0.2) is 4.90 Å². The lowest BCUT2D eigenvalue weighted by Gasteiger charge is -2.14. The number of phenolic OH excluding ortho intramolecular Hbond substituents is 1. The van der Waals surface area contributed by atoms with E-state index in [0.717, 1.165) is 22.2 Å². The van der Waals surface area contributed by atoms with Gasteiger partial charge in [0.05, 0.1) is 11.4 Å². The first-order valence-electron chi connectivity index (χ1n) is 7.75. The minimum absolute atomic E-state index is 0.134. The smallest absolute Gasteiger partial charge is 0.293 e. The van der Waals surface area contributed by atoms with Crippen LogP contribution < -0.4 is 10.2 Å². The molecule has 0 aromatic heterocycles. The third-order valence-electron chi connectivity index (χ3n) is 3.82. The Balaban J connectivity index is 1.69. The zero-order valence-corrected chi connectivity index (χ0v) is 15.3. The van der Waals surface area contributed by atoms with E-state index in [-0.39, 0.29) is 17.9 Å². The molecule has 3 rings (SSSR count). The lowest BCUT2D eigenvalue weighted by atomic mass is 10.2. The van der Waals surface area contributed by atoms with Crippen molar-refractivity contribution in [3.8, 4) is 5.75 Å². The molecule has 0 spiro atoms. The summed E-state index contributed by atoms with van der Waals surface area (Å²) in [6.45, 7) is 1.91. The van der Waals surface area contributed by atoms with Crippen LogP contribution >= 0.6 is 23.4 Å². The number of anilines is 2. The van der Waals surface area contributed by atoms with E-state index < -0.39 is 22.3 Å². The molecule has 6 nitrogen and oxygen atoms in total. The van der Waals surface area contributed by atoms with Crippen LogP contribution in [-0.4, -0.2) is 27.4 Å². The highest BCUT2D eigenvalue weighted by Crippen LogP contribution is 2.34. The van der Waals surface area contributed by atoms with E-state index in [1.54, 1.807) is 12.1 Å². The van der Waals surface area contributed by atoms with E-state index in [4.69, 9.17) is 11.6 Å². The van der Waals surface area contributed by atoms with Crippen molar-refractivity contribution in [3.05, 3.63) is 53.1 Å². The third kappa shape index (κ3) is 3.84. The fourth-order valence-corrected chi connectivity index (χ4v) is 3.65. The van der Waals surface area contributed by atoms with Crippen molar-refractivity contribution >= 4 is 51.8 Å². The molecule has 1 aliphatic heterocycles. The fraction of sp³-hybridized carbons (Fsp3) is 0.167. The molecule has 26 heavy (non-hydrogen) atoms. The molecule has 0 bridgehead atoms. The summed E-state index contributed by atoms with van der Waals surface area (Å²) in [5.41, 5.74) is 1.64. The number of nitrogens with zero attached hydrogens (tertiary/aromatic N) is 1. The van der Waals surface area contributed by atoms with Crippen molar-refractivity contribution in [2.24, 2.45) is 0 Å². The highest BCUT2D eigenvalue weighted by molar-refractivity contribution is 8.15. The van der Waals surface area contributed by atoms with Gasteiger partial charge in [0.1, 0.15) is 11.0 Å². The maximum Gasteiger partial charge on any atom is 0.293 e. The summed E-state index contributed by atoms with van der Waals surface area (Å²) in [5.74, 6) is -1.06. The van der Waals surface area contributed by atoms with Crippen LogP contribution in [0.2, 0.25) is 5.02 Å². The number of hydrogen-bond acceptors (Lipinski definition) is 5. The number of carbonyl (C=O) groups is 3. The standard InChI is InChI=1S/C18H15ClN2O4S/c1-10-2-5-12(6-3-10)21-17(24)15(26-18(21)25)9-16(23)20-13-8-11(19)4-7-14(13)22/h2-8,15,22H,9H2,1H3,(H,20,23). The molecule has 2 aromatic carbocycles. The number of nitrogens with one attached hydrogen (secondary N) is 1. The van der Waals surface area contributed by atoms with Gasteiger partial charge in [-0.3, -0.25) is 14.4 Å². The first kappa shape index (κ1) is 18.3. The van der Waals surface area contributed by atoms with E-state index in [2.05, 4.69) is 5.32 Å². The summed E-state index contributed by atoms with van der Waals surface area (Å²) < 4.78 is 0. The maximum absolute atomic E-state index is 12.5. The van der Waals surface area contributed by atoms with Gasteiger partial charge >= 0.3 is 0 Å². The summed E-state index contributed by atoms with van der Waals surface area (Å²) in [4.78, 5) is 38.0. The molecule has 1 aliphatic rings.